The number of nitrogens with one attached hydrogen (secondary N) is 2. The smallest absolute Gasteiger partial charge is 0.240 e. The lowest BCUT2D eigenvalue weighted by atomic mass is 10.2. The predicted octanol–water partition coefficient (Wildman–Crippen LogP) is 2.65. The van der Waals surface area contributed by atoms with Crippen molar-refractivity contribution >= 4 is 40.6 Å². The molecule has 3 rings (SSSR count). The number of hydrogen-bond acceptors (Lipinski definition) is 6. The maximum atomic E-state index is 12.3. The Morgan fingerprint density at radius 2 is 1.96 bits per heavy atom. The summed E-state index contributed by atoms with van der Waals surface area (Å²) in [5.41, 5.74) is 1.47. The number of rotatable bonds is 6. The average molecular weight is 382 g/mol. The van der Waals surface area contributed by atoms with Crippen LogP contribution in [-0.4, -0.2) is 35.6 Å². The van der Waals surface area contributed by atoms with Crippen LogP contribution in [0.15, 0.2) is 64.8 Å². The van der Waals surface area contributed by atoms with E-state index in [0.717, 1.165) is 5.56 Å². The molecule has 0 spiro atoms. The van der Waals surface area contributed by atoms with E-state index < -0.39 is 5.25 Å². The zero-order chi connectivity index (χ0) is 19.1. The number of carbonyl (C=O) groups excluding carboxylic acids is 2. The van der Waals surface area contributed by atoms with E-state index in [9.17, 15) is 9.59 Å². The highest BCUT2D eigenvalue weighted by atomic mass is 32.2. The molecule has 0 saturated carbocycles. The van der Waals surface area contributed by atoms with Crippen LogP contribution in [0.25, 0.3) is 0 Å². The molecule has 8 heteroatoms. The third kappa shape index (κ3) is 5.18. The van der Waals surface area contributed by atoms with Gasteiger partial charge in [0.05, 0.1) is 19.0 Å². The summed E-state index contributed by atoms with van der Waals surface area (Å²) in [7, 11) is 1.53. The highest BCUT2D eigenvalue weighted by molar-refractivity contribution is 8.15. The summed E-state index contributed by atoms with van der Waals surface area (Å²) in [4.78, 5) is 24.3. The molecule has 2 aromatic rings. The fraction of sp³-hybridized carbons (Fsp3) is 0.158. The lowest BCUT2D eigenvalue weighted by molar-refractivity contribution is -0.122. The molecule has 1 fully saturated rings. The lowest BCUT2D eigenvalue weighted by Gasteiger charge is -2.10. The standard InChI is InChI=1S/C19H18N4O3S/c1-26-15-10-6-5-9-14(15)21-17(24)11-16-18(25)22-19(27-16)23-20-12-13-7-3-2-4-8-13/h2-10,12,16H,11H2,1H3,(H,21,24)(H,22,23,25)/b20-12-/t16-/m1/s1. The third-order valence-electron chi connectivity index (χ3n) is 3.68. The average Bonchev–Trinajstić information content (AvgIpc) is 3.02. The van der Waals surface area contributed by atoms with Crippen LogP contribution in [0.4, 0.5) is 5.69 Å². The molecule has 0 aromatic heterocycles. The van der Waals surface area contributed by atoms with Gasteiger partial charge >= 0.3 is 0 Å². The molecule has 0 aliphatic carbocycles. The summed E-state index contributed by atoms with van der Waals surface area (Å²) < 4.78 is 5.20. The van der Waals surface area contributed by atoms with E-state index in [2.05, 4.69) is 20.8 Å². The van der Waals surface area contributed by atoms with Crippen LogP contribution < -0.4 is 15.4 Å². The van der Waals surface area contributed by atoms with Gasteiger partial charge in [-0.1, -0.05) is 54.2 Å². The van der Waals surface area contributed by atoms with Crippen molar-refractivity contribution < 1.29 is 14.3 Å². The van der Waals surface area contributed by atoms with Gasteiger partial charge in [-0.05, 0) is 17.7 Å². The molecule has 2 N–H and O–H groups in total. The maximum absolute atomic E-state index is 12.3. The Balaban J connectivity index is 1.56. The van der Waals surface area contributed by atoms with E-state index in [1.165, 1.54) is 18.9 Å². The quantitative estimate of drug-likeness (QED) is 0.593. The van der Waals surface area contributed by atoms with Crippen LogP contribution in [-0.2, 0) is 9.59 Å². The van der Waals surface area contributed by atoms with Gasteiger partial charge < -0.3 is 15.4 Å². The van der Waals surface area contributed by atoms with Gasteiger partial charge in [-0.25, -0.2) is 0 Å². The molecule has 0 radical (unpaired) electrons. The molecule has 2 aromatic carbocycles. The van der Waals surface area contributed by atoms with Crippen LogP contribution in [0.5, 0.6) is 5.75 Å². The second-order valence-electron chi connectivity index (χ2n) is 5.61. The Kier molecular flexibility index (Phi) is 6.22. The molecule has 1 saturated heterocycles. The van der Waals surface area contributed by atoms with Crippen LogP contribution in [0, 0.1) is 0 Å². The molecule has 1 atom stereocenters. The van der Waals surface area contributed by atoms with E-state index in [1.54, 1.807) is 24.4 Å². The highest BCUT2D eigenvalue weighted by Gasteiger charge is 2.32. The Morgan fingerprint density at radius 3 is 2.74 bits per heavy atom. The third-order valence-corrected chi connectivity index (χ3v) is 4.76. The Labute approximate surface area is 160 Å². The fourth-order valence-electron chi connectivity index (χ4n) is 2.39. The van der Waals surface area contributed by atoms with E-state index >= 15 is 0 Å². The van der Waals surface area contributed by atoms with Crippen molar-refractivity contribution in [1.82, 2.24) is 5.32 Å². The van der Waals surface area contributed by atoms with Crippen molar-refractivity contribution in [3.63, 3.8) is 0 Å². The molecular weight excluding hydrogens is 364 g/mol. The predicted molar refractivity (Wildman–Crippen MR) is 107 cm³/mol. The number of amides is 2. The minimum Gasteiger partial charge on any atom is -0.495 e. The zero-order valence-electron chi connectivity index (χ0n) is 14.6. The molecule has 1 heterocycles. The van der Waals surface area contributed by atoms with Gasteiger partial charge in [0.2, 0.25) is 11.8 Å². The van der Waals surface area contributed by atoms with Gasteiger partial charge in [0.15, 0.2) is 5.17 Å². The first-order valence-electron chi connectivity index (χ1n) is 8.22. The Morgan fingerprint density at radius 1 is 1.22 bits per heavy atom. The number of anilines is 1. The van der Waals surface area contributed by atoms with E-state index in [4.69, 9.17) is 4.74 Å². The van der Waals surface area contributed by atoms with E-state index in [0.29, 0.717) is 16.6 Å². The second kappa shape index (κ2) is 9.00. The molecule has 27 heavy (non-hydrogen) atoms. The van der Waals surface area contributed by atoms with Crippen LogP contribution in [0.2, 0.25) is 0 Å². The van der Waals surface area contributed by atoms with Crippen LogP contribution in [0.3, 0.4) is 0 Å². The van der Waals surface area contributed by atoms with Gasteiger partial charge in [-0.15, -0.1) is 5.10 Å². The van der Waals surface area contributed by atoms with E-state index in [-0.39, 0.29) is 18.2 Å². The summed E-state index contributed by atoms with van der Waals surface area (Å²) >= 11 is 1.19. The summed E-state index contributed by atoms with van der Waals surface area (Å²) in [5, 5.41) is 13.2. The molecule has 0 bridgehead atoms. The maximum Gasteiger partial charge on any atom is 0.240 e. The molecule has 0 unspecified atom stereocenters. The minimum atomic E-state index is -0.551. The van der Waals surface area contributed by atoms with Crippen molar-refractivity contribution in [3.05, 3.63) is 60.2 Å². The van der Waals surface area contributed by atoms with Gasteiger partial charge in [0, 0.05) is 6.42 Å². The van der Waals surface area contributed by atoms with Gasteiger partial charge in [-0.3, -0.25) is 9.59 Å². The summed E-state index contributed by atoms with van der Waals surface area (Å²) in [6, 6.07) is 16.6. The molecule has 1 aliphatic heterocycles. The molecule has 7 nitrogen and oxygen atoms in total. The van der Waals surface area contributed by atoms with Gasteiger partial charge in [-0.2, -0.15) is 5.10 Å². The second-order valence-corrected chi connectivity index (χ2v) is 6.80. The number of para-hydroxylation sites is 2. The minimum absolute atomic E-state index is 0.0238. The number of ether oxygens (including phenoxy) is 1. The number of nitrogens with zero attached hydrogens (tertiary/aromatic N) is 2. The number of methoxy groups -OCH3 is 1. The number of hydrogen-bond donors (Lipinski definition) is 2. The van der Waals surface area contributed by atoms with Crippen molar-refractivity contribution in [2.24, 2.45) is 10.2 Å². The SMILES string of the molecule is COc1ccccc1NC(=O)C[C@H]1S/C(=N\N=C/c2ccccc2)NC1=O. The molecule has 138 valence electrons. The molecule has 1 aliphatic rings. The van der Waals surface area contributed by atoms with Gasteiger partial charge in [0.1, 0.15) is 11.0 Å². The molecular formula is C19H18N4O3S. The Bertz CT molecular complexity index is 884. The van der Waals surface area contributed by atoms with Crippen LogP contribution in [0.1, 0.15) is 12.0 Å². The highest BCUT2D eigenvalue weighted by Crippen LogP contribution is 2.26. The van der Waals surface area contributed by atoms with Crippen molar-refractivity contribution in [1.29, 1.82) is 0 Å². The molecule has 2 amide bonds. The first-order chi connectivity index (χ1) is 13.2. The van der Waals surface area contributed by atoms with Gasteiger partial charge in [0.25, 0.3) is 0 Å². The number of thioether (sulfide) groups is 1. The number of amidine groups is 1. The topological polar surface area (TPSA) is 92.2 Å². The number of carbonyl (C=O) groups is 2. The summed E-state index contributed by atoms with van der Waals surface area (Å²) in [6.45, 7) is 0. The summed E-state index contributed by atoms with van der Waals surface area (Å²) in [5.74, 6) is 0.0249. The number of benzene rings is 2. The lowest BCUT2D eigenvalue weighted by Crippen LogP contribution is -2.28. The van der Waals surface area contributed by atoms with Crippen molar-refractivity contribution in [2.75, 3.05) is 12.4 Å². The fourth-order valence-corrected chi connectivity index (χ4v) is 3.32. The van der Waals surface area contributed by atoms with Crippen molar-refractivity contribution in [2.45, 2.75) is 11.7 Å². The van der Waals surface area contributed by atoms with Crippen molar-refractivity contribution in [3.8, 4) is 5.75 Å². The summed E-state index contributed by atoms with van der Waals surface area (Å²) in [6.07, 6.45) is 1.62. The van der Waals surface area contributed by atoms with Crippen LogP contribution >= 0.6 is 11.8 Å². The normalized spacial score (nSPS) is 17.9. The first-order valence-corrected chi connectivity index (χ1v) is 9.10. The van der Waals surface area contributed by atoms with E-state index in [1.807, 2.05) is 36.4 Å². The zero-order valence-corrected chi connectivity index (χ0v) is 15.4. The Hall–Kier alpha value is -3.13. The monoisotopic (exact) mass is 382 g/mol. The largest absolute Gasteiger partial charge is 0.495 e. The first kappa shape index (κ1) is 18.7.